The number of nitrogens with zero attached hydrogens (tertiary/aromatic N) is 4. The Hall–Kier alpha value is -3.85. The fraction of sp³-hybridized carbons (Fsp3) is 0.200. The van der Waals surface area contributed by atoms with Gasteiger partial charge < -0.3 is 9.15 Å². The molecule has 3 heterocycles. The van der Waals surface area contributed by atoms with Crippen LogP contribution in [0.3, 0.4) is 0 Å². The number of methoxy groups -OCH3 is 1. The number of thioether (sulfide) groups is 1. The summed E-state index contributed by atoms with van der Waals surface area (Å²) in [7, 11) is 1.63. The van der Waals surface area contributed by atoms with E-state index in [9.17, 15) is 4.79 Å². The Morgan fingerprint density at radius 2 is 1.91 bits per heavy atom. The third kappa shape index (κ3) is 4.60. The molecule has 172 valence electrons. The standard InChI is InChI=1S/C25H23N5O3S/c1-16-5-7-18(8-6-16)24-26-25(28-27-24)34-15-23(31)30-21(22-4-3-13-33-22)14-20(29-30)17-9-11-19(32-2)12-10-17/h3-13,21H,14-15H2,1-2H3,(H,26,27,28)/t21-/m0/s1. The number of carbonyl (C=O) groups is 1. The lowest BCUT2D eigenvalue weighted by molar-refractivity contribution is -0.130. The van der Waals surface area contributed by atoms with Gasteiger partial charge in [-0.25, -0.2) is 9.99 Å². The van der Waals surface area contributed by atoms with E-state index >= 15 is 0 Å². The second-order valence-electron chi connectivity index (χ2n) is 7.87. The zero-order valence-electron chi connectivity index (χ0n) is 18.8. The zero-order chi connectivity index (χ0) is 23.5. The molecule has 8 nitrogen and oxygen atoms in total. The average Bonchev–Trinajstić information content (AvgIpc) is 3.64. The van der Waals surface area contributed by atoms with Gasteiger partial charge in [0.1, 0.15) is 17.6 Å². The van der Waals surface area contributed by atoms with Crippen molar-refractivity contribution in [3.8, 4) is 17.1 Å². The first kappa shape index (κ1) is 22.0. The summed E-state index contributed by atoms with van der Waals surface area (Å²) in [6, 6.07) is 19.1. The summed E-state index contributed by atoms with van der Waals surface area (Å²) < 4.78 is 10.9. The maximum Gasteiger partial charge on any atom is 0.253 e. The number of hydrogen-bond donors (Lipinski definition) is 1. The Labute approximate surface area is 201 Å². The van der Waals surface area contributed by atoms with E-state index in [4.69, 9.17) is 9.15 Å². The molecule has 1 aliphatic heterocycles. The average molecular weight is 474 g/mol. The van der Waals surface area contributed by atoms with Crippen molar-refractivity contribution in [2.75, 3.05) is 12.9 Å². The number of hydrazone groups is 1. The Morgan fingerprint density at radius 3 is 2.62 bits per heavy atom. The van der Waals surface area contributed by atoms with Crippen LogP contribution in [0.4, 0.5) is 0 Å². The van der Waals surface area contributed by atoms with Crippen LogP contribution in [-0.4, -0.2) is 44.7 Å². The quantitative estimate of drug-likeness (QED) is 0.386. The molecular formula is C25H23N5O3S. The summed E-state index contributed by atoms with van der Waals surface area (Å²) in [5.41, 5.74) is 3.89. The van der Waals surface area contributed by atoms with Crippen LogP contribution in [0.15, 0.2) is 81.6 Å². The monoisotopic (exact) mass is 473 g/mol. The Balaban J connectivity index is 1.31. The van der Waals surface area contributed by atoms with E-state index in [1.165, 1.54) is 22.3 Å². The Morgan fingerprint density at radius 1 is 1.15 bits per heavy atom. The van der Waals surface area contributed by atoms with Crippen molar-refractivity contribution in [3.05, 3.63) is 83.8 Å². The highest BCUT2D eigenvalue weighted by molar-refractivity contribution is 7.99. The fourth-order valence-corrected chi connectivity index (χ4v) is 4.40. The number of rotatable bonds is 7. The van der Waals surface area contributed by atoms with E-state index in [2.05, 4.69) is 20.3 Å². The topological polar surface area (TPSA) is 96.6 Å². The molecule has 0 bridgehead atoms. The molecule has 0 saturated carbocycles. The SMILES string of the molecule is COc1ccc(C2=NN(C(=O)CSc3n[nH]c(-c4ccc(C)cc4)n3)[C@H](c3ccco3)C2)cc1. The van der Waals surface area contributed by atoms with Gasteiger partial charge >= 0.3 is 0 Å². The van der Waals surface area contributed by atoms with Gasteiger partial charge in [-0.3, -0.25) is 9.89 Å². The lowest BCUT2D eigenvalue weighted by Crippen LogP contribution is -2.28. The second-order valence-corrected chi connectivity index (χ2v) is 8.81. The van der Waals surface area contributed by atoms with Crippen molar-refractivity contribution in [3.63, 3.8) is 0 Å². The number of aryl methyl sites for hydroxylation is 1. The van der Waals surface area contributed by atoms with Gasteiger partial charge in [-0.15, -0.1) is 5.10 Å². The molecule has 5 rings (SSSR count). The summed E-state index contributed by atoms with van der Waals surface area (Å²) in [4.78, 5) is 17.7. The van der Waals surface area contributed by atoms with E-state index in [-0.39, 0.29) is 17.7 Å². The predicted molar refractivity (Wildman–Crippen MR) is 130 cm³/mol. The van der Waals surface area contributed by atoms with Gasteiger partial charge in [0, 0.05) is 12.0 Å². The third-order valence-electron chi connectivity index (χ3n) is 5.58. The first-order chi connectivity index (χ1) is 16.6. The molecule has 34 heavy (non-hydrogen) atoms. The third-order valence-corrected chi connectivity index (χ3v) is 6.41. The van der Waals surface area contributed by atoms with E-state index in [1.54, 1.807) is 13.4 Å². The first-order valence-corrected chi connectivity index (χ1v) is 11.8. The molecule has 0 saturated heterocycles. The molecule has 2 aromatic carbocycles. The molecule has 1 aliphatic rings. The van der Waals surface area contributed by atoms with Crippen LogP contribution in [-0.2, 0) is 4.79 Å². The minimum Gasteiger partial charge on any atom is -0.497 e. The van der Waals surface area contributed by atoms with Crippen LogP contribution >= 0.6 is 11.8 Å². The van der Waals surface area contributed by atoms with Crippen molar-refractivity contribution in [1.82, 2.24) is 20.2 Å². The highest BCUT2D eigenvalue weighted by atomic mass is 32.2. The van der Waals surface area contributed by atoms with Gasteiger partial charge in [0.05, 0.1) is 24.8 Å². The van der Waals surface area contributed by atoms with Crippen molar-refractivity contribution in [1.29, 1.82) is 0 Å². The lowest BCUT2D eigenvalue weighted by Gasteiger charge is -2.19. The van der Waals surface area contributed by atoms with Gasteiger partial charge in [-0.2, -0.15) is 5.10 Å². The van der Waals surface area contributed by atoms with Crippen molar-refractivity contribution < 1.29 is 13.9 Å². The van der Waals surface area contributed by atoms with Gasteiger partial charge in [-0.05, 0) is 48.9 Å². The summed E-state index contributed by atoms with van der Waals surface area (Å²) in [6.45, 7) is 2.04. The molecule has 1 amide bonds. The number of H-pyrrole nitrogens is 1. The normalized spacial score (nSPS) is 15.4. The van der Waals surface area contributed by atoms with Crippen LogP contribution in [0.5, 0.6) is 5.75 Å². The maximum atomic E-state index is 13.2. The molecule has 0 radical (unpaired) electrons. The van der Waals surface area contributed by atoms with E-state index < -0.39 is 0 Å². The molecule has 1 atom stereocenters. The molecule has 0 unspecified atom stereocenters. The minimum absolute atomic E-state index is 0.142. The Kier molecular flexibility index (Phi) is 6.18. The van der Waals surface area contributed by atoms with Gasteiger partial charge in [0.2, 0.25) is 5.16 Å². The molecule has 1 N–H and O–H groups in total. The molecular weight excluding hydrogens is 450 g/mol. The number of ether oxygens (including phenoxy) is 1. The van der Waals surface area contributed by atoms with Crippen LogP contribution in [0.25, 0.3) is 11.4 Å². The number of furan rings is 1. The number of aromatic amines is 1. The molecule has 0 aliphatic carbocycles. The number of benzene rings is 2. The fourth-order valence-electron chi connectivity index (χ4n) is 3.74. The Bertz CT molecular complexity index is 1300. The largest absolute Gasteiger partial charge is 0.497 e. The molecule has 9 heteroatoms. The molecule has 0 fully saturated rings. The molecule has 2 aromatic heterocycles. The zero-order valence-corrected chi connectivity index (χ0v) is 19.6. The lowest BCUT2D eigenvalue weighted by atomic mass is 10.0. The van der Waals surface area contributed by atoms with Gasteiger partial charge in [0.25, 0.3) is 5.91 Å². The summed E-state index contributed by atoms with van der Waals surface area (Å²) >= 11 is 1.27. The van der Waals surface area contributed by atoms with Gasteiger partial charge in [-0.1, -0.05) is 41.6 Å². The first-order valence-electron chi connectivity index (χ1n) is 10.8. The molecule has 4 aromatic rings. The summed E-state index contributed by atoms with van der Waals surface area (Å²) in [5.74, 6) is 2.15. The van der Waals surface area contributed by atoms with Crippen molar-refractivity contribution in [2.24, 2.45) is 5.10 Å². The van der Waals surface area contributed by atoms with Crippen LogP contribution < -0.4 is 4.74 Å². The molecule has 0 spiro atoms. The van der Waals surface area contributed by atoms with Crippen LogP contribution in [0, 0.1) is 6.92 Å². The summed E-state index contributed by atoms with van der Waals surface area (Å²) in [6.07, 6.45) is 2.17. The predicted octanol–water partition coefficient (Wildman–Crippen LogP) is 4.85. The second kappa shape index (κ2) is 9.56. The van der Waals surface area contributed by atoms with E-state index in [0.717, 1.165) is 22.6 Å². The van der Waals surface area contributed by atoms with E-state index in [1.807, 2.05) is 67.6 Å². The van der Waals surface area contributed by atoms with Crippen molar-refractivity contribution >= 4 is 23.4 Å². The van der Waals surface area contributed by atoms with Crippen LogP contribution in [0.1, 0.15) is 29.3 Å². The smallest absolute Gasteiger partial charge is 0.253 e. The number of aromatic nitrogens is 3. The number of hydrogen-bond acceptors (Lipinski definition) is 7. The van der Waals surface area contributed by atoms with Crippen LogP contribution in [0.2, 0.25) is 0 Å². The van der Waals surface area contributed by atoms with E-state index in [0.29, 0.717) is 23.2 Å². The van der Waals surface area contributed by atoms with Crippen molar-refractivity contribution in [2.45, 2.75) is 24.5 Å². The number of amides is 1. The number of carbonyl (C=O) groups excluding carboxylic acids is 1. The number of nitrogens with one attached hydrogen (secondary N) is 1. The minimum atomic E-state index is -0.296. The highest BCUT2D eigenvalue weighted by Crippen LogP contribution is 2.34. The van der Waals surface area contributed by atoms with Gasteiger partial charge in [0.15, 0.2) is 5.82 Å². The maximum absolute atomic E-state index is 13.2. The highest BCUT2D eigenvalue weighted by Gasteiger charge is 2.34. The summed E-state index contributed by atoms with van der Waals surface area (Å²) in [5, 5.41) is 13.9.